The summed E-state index contributed by atoms with van der Waals surface area (Å²) in [7, 11) is 0. The lowest BCUT2D eigenvalue weighted by Gasteiger charge is -2.29. The lowest BCUT2D eigenvalue weighted by atomic mass is 9.86. The van der Waals surface area contributed by atoms with E-state index in [4.69, 9.17) is 10.5 Å². The van der Waals surface area contributed by atoms with Gasteiger partial charge in [-0.2, -0.15) is 0 Å². The summed E-state index contributed by atoms with van der Waals surface area (Å²) in [6, 6.07) is -0.0653. The molecule has 1 aliphatic heterocycles. The molecule has 2 aliphatic rings. The molecule has 1 aromatic heterocycles. The molecule has 0 spiro atoms. The van der Waals surface area contributed by atoms with E-state index in [1.165, 1.54) is 17.8 Å². The van der Waals surface area contributed by atoms with Gasteiger partial charge >= 0.3 is 6.03 Å². The van der Waals surface area contributed by atoms with Crippen LogP contribution in [0.4, 0.5) is 9.80 Å². The third kappa shape index (κ3) is 3.50. The molecular formula is C16H23N3O3S. The quantitative estimate of drug-likeness (QED) is 0.791. The number of urea groups is 1. The number of carbonyl (C=O) groups is 2. The van der Waals surface area contributed by atoms with E-state index in [1.54, 1.807) is 0 Å². The summed E-state index contributed by atoms with van der Waals surface area (Å²) in [4.78, 5) is 25.1. The zero-order valence-electron chi connectivity index (χ0n) is 13.3. The highest BCUT2D eigenvalue weighted by molar-refractivity contribution is 7.17. The Morgan fingerprint density at radius 3 is 2.83 bits per heavy atom. The smallest absolute Gasteiger partial charge is 0.320 e. The number of ether oxygens (including phenoxy) is 1. The average Bonchev–Trinajstić information content (AvgIpc) is 2.87. The topological polar surface area (TPSA) is 93.5 Å². The van der Waals surface area contributed by atoms with E-state index in [0.29, 0.717) is 36.1 Å². The van der Waals surface area contributed by atoms with Crippen molar-refractivity contribution in [2.45, 2.75) is 51.7 Å². The molecule has 1 aromatic rings. The standard InChI is InChI=1S/C16H23N3O3S/c1-9-4-2-3-5-11(9)18-16(21)19-15-13(14(17)20)10-6-7-22-8-12(10)23-15/h9,11H,2-8H2,1H3,(H2,17,20)(H2,18,19,21). The van der Waals surface area contributed by atoms with Crippen molar-refractivity contribution in [3.05, 3.63) is 16.0 Å². The molecule has 2 unspecified atom stereocenters. The van der Waals surface area contributed by atoms with Crippen LogP contribution in [0.3, 0.4) is 0 Å². The van der Waals surface area contributed by atoms with Crippen molar-refractivity contribution in [2.24, 2.45) is 11.7 Å². The highest BCUT2D eigenvalue weighted by Crippen LogP contribution is 2.36. The molecule has 2 atom stereocenters. The minimum Gasteiger partial charge on any atom is -0.376 e. The number of fused-ring (bicyclic) bond motifs is 1. The largest absolute Gasteiger partial charge is 0.376 e. The number of anilines is 1. The van der Waals surface area contributed by atoms with Crippen molar-refractivity contribution in [2.75, 3.05) is 11.9 Å². The minimum atomic E-state index is -0.495. The summed E-state index contributed by atoms with van der Waals surface area (Å²) >= 11 is 1.38. The van der Waals surface area contributed by atoms with Gasteiger partial charge in [-0.1, -0.05) is 19.8 Å². The first-order chi connectivity index (χ1) is 11.1. The molecule has 2 heterocycles. The Hall–Kier alpha value is -1.60. The summed E-state index contributed by atoms with van der Waals surface area (Å²) in [6.45, 7) is 3.22. The molecule has 1 fully saturated rings. The van der Waals surface area contributed by atoms with Crippen LogP contribution in [-0.2, 0) is 17.8 Å². The second-order valence-electron chi connectivity index (χ2n) is 6.34. The molecule has 4 N–H and O–H groups in total. The second kappa shape index (κ2) is 6.88. The van der Waals surface area contributed by atoms with Gasteiger partial charge in [0.1, 0.15) is 5.00 Å². The maximum Gasteiger partial charge on any atom is 0.320 e. The maximum atomic E-state index is 12.3. The normalized spacial score (nSPS) is 23.9. The van der Waals surface area contributed by atoms with Gasteiger partial charge in [-0.15, -0.1) is 11.3 Å². The highest BCUT2D eigenvalue weighted by atomic mass is 32.1. The zero-order chi connectivity index (χ0) is 16.4. The molecule has 3 amide bonds. The number of amides is 3. The van der Waals surface area contributed by atoms with Crippen LogP contribution in [0.15, 0.2) is 0 Å². The molecule has 3 rings (SSSR count). The predicted molar refractivity (Wildman–Crippen MR) is 89.8 cm³/mol. The van der Waals surface area contributed by atoms with Gasteiger partial charge in [0.2, 0.25) is 0 Å². The van der Waals surface area contributed by atoms with Gasteiger partial charge in [-0.05, 0) is 30.7 Å². The third-order valence-electron chi connectivity index (χ3n) is 4.72. The molecule has 7 heteroatoms. The lowest BCUT2D eigenvalue weighted by molar-refractivity contribution is 0.0991. The van der Waals surface area contributed by atoms with Gasteiger partial charge in [0.15, 0.2) is 0 Å². The summed E-state index contributed by atoms with van der Waals surface area (Å²) in [5, 5.41) is 6.40. The second-order valence-corrected chi connectivity index (χ2v) is 7.45. The summed E-state index contributed by atoms with van der Waals surface area (Å²) < 4.78 is 5.41. The Morgan fingerprint density at radius 2 is 2.09 bits per heavy atom. The lowest BCUT2D eigenvalue weighted by Crippen LogP contribution is -2.43. The summed E-state index contributed by atoms with van der Waals surface area (Å²) in [6.07, 6.45) is 5.18. The van der Waals surface area contributed by atoms with E-state index in [-0.39, 0.29) is 12.1 Å². The van der Waals surface area contributed by atoms with Crippen molar-refractivity contribution in [3.63, 3.8) is 0 Å². The monoisotopic (exact) mass is 337 g/mol. The SMILES string of the molecule is CC1CCCCC1NC(=O)Nc1sc2c(c1C(N)=O)CCOC2. The summed E-state index contributed by atoms with van der Waals surface area (Å²) in [5.74, 6) is -0.0132. The third-order valence-corrected chi connectivity index (χ3v) is 5.84. The van der Waals surface area contributed by atoms with Gasteiger partial charge in [0.05, 0.1) is 18.8 Å². The van der Waals surface area contributed by atoms with Crippen LogP contribution in [0.25, 0.3) is 0 Å². The molecule has 0 aromatic carbocycles. The van der Waals surface area contributed by atoms with Crippen molar-refractivity contribution >= 4 is 28.3 Å². The molecule has 126 valence electrons. The number of nitrogens with one attached hydrogen (secondary N) is 2. The number of hydrogen-bond acceptors (Lipinski definition) is 4. The van der Waals surface area contributed by atoms with E-state index < -0.39 is 5.91 Å². The summed E-state index contributed by atoms with van der Waals surface area (Å²) in [5.41, 5.74) is 6.89. The van der Waals surface area contributed by atoms with E-state index in [2.05, 4.69) is 17.6 Å². The fourth-order valence-electron chi connectivity index (χ4n) is 3.42. The Kier molecular flexibility index (Phi) is 4.87. The Balaban J connectivity index is 1.73. The number of rotatable bonds is 3. The van der Waals surface area contributed by atoms with Crippen molar-refractivity contribution in [3.8, 4) is 0 Å². The van der Waals surface area contributed by atoms with Gasteiger partial charge in [-0.3, -0.25) is 10.1 Å². The first kappa shape index (κ1) is 16.3. The van der Waals surface area contributed by atoms with Crippen molar-refractivity contribution in [1.82, 2.24) is 5.32 Å². The minimum absolute atomic E-state index is 0.193. The van der Waals surface area contributed by atoms with E-state index >= 15 is 0 Å². The zero-order valence-corrected chi connectivity index (χ0v) is 14.1. The van der Waals surface area contributed by atoms with Crippen LogP contribution in [0.2, 0.25) is 0 Å². The van der Waals surface area contributed by atoms with Crippen molar-refractivity contribution < 1.29 is 14.3 Å². The number of primary amides is 1. The van der Waals surface area contributed by atoms with E-state index in [9.17, 15) is 9.59 Å². The van der Waals surface area contributed by atoms with Crippen LogP contribution >= 0.6 is 11.3 Å². The van der Waals surface area contributed by atoms with Crippen LogP contribution in [0, 0.1) is 5.92 Å². The predicted octanol–water partition coefficient (Wildman–Crippen LogP) is 2.62. The van der Waals surface area contributed by atoms with Crippen LogP contribution in [-0.4, -0.2) is 24.6 Å². The molecule has 1 aliphatic carbocycles. The fourth-order valence-corrected chi connectivity index (χ4v) is 4.60. The van der Waals surface area contributed by atoms with Crippen LogP contribution in [0.5, 0.6) is 0 Å². The average molecular weight is 337 g/mol. The number of hydrogen-bond donors (Lipinski definition) is 3. The van der Waals surface area contributed by atoms with E-state index in [1.807, 2.05) is 0 Å². The molecule has 0 saturated heterocycles. The molecular weight excluding hydrogens is 314 g/mol. The Labute approximate surface area is 139 Å². The van der Waals surface area contributed by atoms with E-state index in [0.717, 1.165) is 29.7 Å². The Morgan fingerprint density at radius 1 is 1.30 bits per heavy atom. The van der Waals surface area contributed by atoms with Crippen LogP contribution < -0.4 is 16.4 Å². The molecule has 1 saturated carbocycles. The Bertz CT molecular complexity index is 614. The first-order valence-corrected chi connectivity index (χ1v) is 8.97. The molecule has 23 heavy (non-hydrogen) atoms. The number of thiophene rings is 1. The molecule has 6 nitrogen and oxygen atoms in total. The highest BCUT2D eigenvalue weighted by Gasteiger charge is 2.27. The molecule has 0 radical (unpaired) electrons. The van der Waals surface area contributed by atoms with Gasteiger partial charge in [0.25, 0.3) is 5.91 Å². The fraction of sp³-hybridized carbons (Fsp3) is 0.625. The van der Waals surface area contributed by atoms with Gasteiger partial charge in [0, 0.05) is 10.9 Å². The maximum absolute atomic E-state index is 12.3. The molecule has 0 bridgehead atoms. The van der Waals surface area contributed by atoms with Crippen LogP contribution in [0.1, 0.15) is 53.4 Å². The van der Waals surface area contributed by atoms with Gasteiger partial charge < -0.3 is 15.8 Å². The number of nitrogens with two attached hydrogens (primary N) is 1. The first-order valence-electron chi connectivity index (χ1n) is 8.16. The van der Waals surface area contributed by atoms with Crippen molar-refractivity contribution in [1.29, 1.82) is 0 Å². The number of carbonyl (C=O) groups excluding carboxylic acids is 2. The van der Waals surface area contributed by atoms with Gasteiger partial charge in [-0.25, -0.2) is 4.79 Å².